The Kier molecular flexibility index (Phi) is 4.81. The van der Waals surface area contributed by atoms with Gasteiger partial charge in [0.25, 0.3) is 0 Å². The summed E-state index contributed by atoms with van der Waals surface area (Å²) in [5.74, 6) is 0. The zero-order valence-electron chi connectivity index (χ0n) is 12.8. The predicted molar refractivity (Wildman–Crippen MR) is 79.5 cm³/mol. The van der Waals surface area contributed by atoms with E-state index < -0.39 is 11.7 Å². The lowest BCUT2D eigenvalue weighted by molar-refractivity contribution is -0.137. The molecule has 1 aromatic carbocycles. The lowest BCUT2D eigenvalue weighted by Crippen LogP contribution is -2.35. The number of hydrogen-bond acceptors (Lipinski definition) is 2. The van der Waals surface area contributed by atoms with Gasteiger partial charge in [-0.2, -0.15) is 13.2 Å². The van der Waals surface area contributed by atoms with Gasteiger partial charge in [0, 0.05) is 24.3 Å². The molecule has 0 amide bonds. The molecule has 0 bridgehead atoms. The molecule has 2 nitrogen and oxygen atoms in total. The van der Waals surface area contributed by atoms with E-state index in [-0.39, 0.29) is 12.1 Å². The van der Waals surface area contributed by atoms with E-state index >= 15 is 0 Å². The summed E-state index contributed by atoms with van der Waals surface area (Å²) in [6.07, 6.45) is -1.53. The highest BCUT2D eigenvalue weighted by Crippen LogP contribution is 2.41. The van der Waals surface area contributed by atoms with Crippen LogP contribution < -0.4 is 10.2 Å². The minimum absolute atomic E-state index is 0.159. The minimum Gasteiger partial charge on any atom is -0.365 e. The van der Waals surface area contributed by atoms with Gasteiger partial charge in [0.05, 0.1) is 5.56 Å². The van der Waals surface area contributed by atoms with Crippen LogP contribution in [0.5, 0.6) is 0 Å². The van der Waals surface area contributed by atoms with Crippen LogP contribution in [0.1, 0.15) is 44.2 Å². The summed E-state index contributed by atoms with van der Waals surface area (Å²) in [5, 5.41) is 2.90. The van der Waals surface area contributed by atoms with Gasteiger partial charge in [-0.1, -0.05) is 13.0 Å². The normalized spacial score (nSPS) is 22.9. The van der Waals surface area contributed by atoms with Crippen LogP contribution in [0.4, 0.5) is 18.9 Å². The minimum atomic E-state index is -4.32. The number of anilines is 1. The first-order valence-corrected chi connectivity index (χ1v) is 7.51. The molecule has 1 aliphatic rings. The number of rotatable bonds is 4. The number of nitrogens with one attached hydrogen (secondary N) is 1. The number of hydrogen-bond donors (Lipinski definition) is 1. The molecule has 1 fully saturated rings. The summed E-state index contributed by atoms with van der Waals surface area (Å²) in [6.45, 7) is 4.49. The molecule has 118 valence electrons. The maximum Gasteiger partial charge on any atom is 0.418 e. The van der Waals surface area contributed by atoms with Crippen LogP contribution in [-0.4, -0.2) is 19.1 Å². The second-order valence-electron chi connectivity index (χ2n) is 5.78. The van der Waals surface area contributed by atoms with E-state index in [9.17, 15) is 13.2 Å². The zero-order valence-corrected chi connectivity index (χ0v) is 12.8. The molecule has 2 atom stereocenters. The van der Waals surface area contributed by atoms with Crippen LogP contribution in [0.15, 0.2) is 18.2 Å². The molecule has 0 aliphatic carbocycles. The summed E-state index contributed by atoms with van der Waals surface area (Å²) >= 11 is 0. The number of halogens is 3. The second-order valence-corrected chi connectivity index (χ2v) is 5.78. The smallest absolute Gasteiger partial charge is 0.365 e. The molecule has 5 heteroatoms. The molecule has 1 saturated heterocycles. The summed E-state index contributed by atoms with van der Waals surface area (Å²) in [5.41, 5.74) is 0.482. The van der Waals surface area contributed by atoms with Crippen molar-refractivity contribution in [3.8, 4) is 0 Å². The molecule has 1 N–H and O–H groups in total. The van der Waals surface area contributed by atoms with Crippen molar-refractivity contribution in [2.24, 2.45) is 0 Å². The number of alkyl halides is 3. The molecular weight excluding hydrogens is 277 g/mol. The monoisotopic (exact) mass is 300 g/mol. The first-order valence-electron chi connectivity index (χ1n) is 7.51. The topological polar surface area (TPSA) is 15.3 Å². The van der Waals surface area contributed by atoms with Crippen molar-refractivity contribution in [3.63, 3.8) is 0 Å². The van der Waals surface area contributed by atoms with Gasteiger partial charge in [0.15, 0.2) is 0 Å². The lowest BCUT2D eigenvalue weighted by atomic mass is 10.0. The van der Waals surface area contributed by atoms with Gasteiger partial charge in [-0.3, -0.25) is 0 Å². The maximum atomic E-state index is 13.4. The Hall–Kier alpha value is -1.23. The summed E-state index contributed by atoms with van der Waals surface area (Å²) < 4.78 is 40.3. The molecular formula is C16H23F3N2. The quantitative estimate of drug-likeness (QED) is 0.897. The third-order valence-electron chi connectivity index (χ3n) is 4.28. The van der Waals surface area contributed by atoms with Gasteiger partial charge in [-0.25, -0.2) is 0 Å². The highest BCUT2D eigenvalue weighted by molar-refractivity contribution is 5.58. The van der Waals surface area contributed by atoms with Gasteiger partial charge >= 0.3 is 6.18 Å². The van der Waals surface area contributed by atoms with Crippen LogP contribution >= 0.6 is 0 Å². The van der Waals surface area contributed by atoms with Crippen LogP contribution in [0.3, 0.4) is 0 Å². The van der Waals surface area contributed by atoms with Crippen LogP contribution in [0.25, 0.3) is 0 Å². The van der Waals surface area contributed by atoms with Crippen molar-refractivity contribution >= 4 is 5.69 Å². The average molecular weight is 300 g/mol. The van der Waals surface area contributed by atoms with Gasteiger partial charge in [-0.05, 0) is 50.9 Å². The van der Waals surface area contributed by atoms with E-state index in [1.165, 1.54) is 6.07 Å². The zero-order chi connectivity index (χ0) is 15.6. The third kappa shape index (κ3) is 3.34. The Morgan fingerprint density at radius 1 is 1.29 bits per heavy atom. The Morgan fingerprint density at radius 2 is 2.00 bits per heavy atom. The van der Waals surface area contributed by atoms with Crippen LogP contribution in [-0.2, 0) is 12.7 Å². The summed E-state index contributed by atoms with van der Waals surface area (Å²) in [7, 11) is 1.73. The van der Waals surface area contributed by atoms with E-state index in [1.54, 1.807) is 19.2 Å². The van der Waals surface area contributed by atoms with Gasteiger partial charge in [0.2, 0.25) is 0 Å². The molecule has 2 rings (SSSR count). The SMILES string of the molecule is CCC1CCC(C)N1c1ccc(CNC)cc1C(F)(F)F. The van der Waals surface area contributed by atoms with E-state index in [1.807, 2.05) is 18.7 Å². The van der Waals surface area contributed by atoms with Crippen molar-refractivity contribution in [2.45, 2.75) is 57.9 Å². The van der Waals surface area contributed by atoms with Crippen molar-refractivity contribution in [2.75, 3.05) is 11.9 Å². The molecule has 1 heterocycles. The van der Waals surface area contributed by atoms with E-state index in [0.717, 1.165) is 19.3 Å². The van der Waals surface area contributed by atoms with Crippen molar-refractivity contribution in [3.05, 3.63) is 29.3 Å². The Balaban J connectivity index is 2.47. The van der Waals surface area contributed by atoms with Crippen LogP contribution in [0, 0.1) is 0 Å². The molecule has 2 unspecified atom stereocenters. The van der Waals surface area contributed by atoms with Gasteiger partial charge in [0.1, 0.15) is 0 Å². The molecule has 1 aliphatic heterocycles. The molecule has 0 radical (unpaired) electrons. The van der Waals surface area contributed by atoms with Crippen molar-refractivity contribution < 1.29 is 13.2 Å². The fraction of sp³-hybridized carbons (Fsp3) is 0.625. The fourth-order valence-corrected chi connectivity index (χ4v) is 3.26. The summed E-state index contributed by atoms with van der Waals surface area (Å²) in [4.78, 5) is 1.96. The maximum absolute atomic E-state index is 13.4. The van der Waals surface area contributed by atoms with E-state index in [0.29, 0.717) is 17.8 Å². The van der Waals surface area contributed by atoms with Gasteiger partial charge in [-0.15, -0.1) is 0 Å². The van der Waals surface area contributed by atoms with Crippen LogP contribution in [0.2, 0.25) is 0 Å². The average Bonchev–Trinajstić information content (AvgIpc) is 2.79. The standard InChI is InChI=1S/C16H23F3N2/c1-4-13-7-5-11(2)21(13)15-8-6-12(10-20-3)9-14(15)16(17,18)19/h6,8-9,11,13,20H,4-5,7,10H2,1-3H3. The molecule has 0 spiro atoms. The van der Waals surface area contributed by atoms with E-state index in [4.69, 9.17) is 0 Å². The van der Waals surface area contributed by atoms with Crippen molar-refractivity contribution in [1.82, 2.24) is 5.32 Å². The Labute approximate surface area is 124 Å². The summed E-state index contributed by atoms with van der Waals surface area (Å²) in [6, 6.07) is 5.07. The predicted octanol–water partition coefficient (Wildman–Crippen LogP) is 4.19. The fourth-order valence-electron chi connectivity index (χ4n) is 3.26. The molecule has 1 aromatic rings. The first-order chi connectivity index (χ1) is 9.88. The molecule has 0 aromatic heterocycles. The lowest BCUT2D eigenvalue weighted by Gasteiger charge is -2.33. The second kappa shape index (κ2) is 6.26. The Morgan fingerprint density at radius 3 is 2.57 bits per heavy atom. The first kappa shape index (κ1) is 16.1. The van der Waals surface area contributed by atoms with Crippen molar-refractivity contribution in [1.29, 1.82) is 0 Å². The number of benzene rings is 1. The third-order valence-corrected chi connectivity index (χ3v) is 4.28. The highest BCUT2D eigenvalue weighted by atomic mass is 19.4. The Bertz CT molecular complexity index is 485. The van der Waals surface area contributed by atoms with E-state index in [2.05, 4.69) is 5.32 Å². The molecule has 0 saturated carbocycles. The number of nitrogens with zero attached hydrogens (tertiary/aromatic N) is 1. The molecule has 21 heavy (non-hydrogen) atoms. The highest BCUT2D eigenvalue weighted by Gasteiger charge is 2.39. The largest absolute Gasteiger partial charge is 0.418 e. The van der Waals surface area contributed by atoms with Gasteiger partial charge < -0.3 is 10.2 Å².